The Kier molecular flexibility index (Phi) is 26.8. The van der Waals surface area contributed by atoms with E-state index >= 15 is 28.8 Å². The Morgan fingerprint density at radius 3 is 1.98 bits per heavy atom. The van der Waals surface area contributed by atoms with E-state index in [1.165, 1.54) is 119 Å². The summed E-state index contributed by atoms with van der Waals surface area (Å²) in [5, 5.41) is 121. The van der Waals surface area contributed by atoms with Crippen LogP contribution >= 0.6 is 11.6 Å². The Bertz CT molecular complexity index is 5050. The number of imide groups is 1. The normalized spacial score (nSPS) is 30.5. The van der Waals surface area contributed by atoms with Crippen molar-refractivity contribution in [3.63, 3.8) is 0 Å². The van der Waals surface area contributed by atoms with Crippen molar-refractivity contribution in [2.24, 2.45) is 41.1 Å². The summed E-state index contributed by atoms with van der Waals surface area (Å²) >= 11 is 7.32. The molecule has 36 nitrogen and oxygen atoms in total. The number of anilines is 1. The van der Waals surface area contributed by atoms with Gasteiger partial charge in [-0.1, -0.05) is 43.6 Å². The third-order valence-corrected chi connectivity index (χ3v) is 24.8. The van der Waals surface area contributed by atoms with Crippen LogP contribution in [0.25, 0.3) is 11.1 Å². The Hall–Kier alpha value is -10.8. The van der Waals surface area contributed by atoms with Crippen LogP contribution in [0.3, 0.4) is 0 Å². The molecule has 7 heterocycles. The van der Waals surface area contributed by atoms with Gasteiger partial charge in [0, 0.05) is 35.8 Å². The van der Waals surface area contributed by atoms with Gasteiger partial charge in [0.25, 0.3) is 0 Å². The van der Waals surface area contributed by atoms with Crippen molar-refractivity contribution >= 4 is 70.6 Å². The number of nitrogens with one attached hydrogen (secondary N) is 10. The number of hydrogen-bond acceptors (Lipinski definition) is 27. The molecule has 0 radical (unpaired) electrons. The predicted octanol–water partition coefficient (Wildman–Crippen LogP) is 3.42. The number of aliphatic hydroxyl groups is 6. The fourth-order valence-electron chi connectivity index (χ4n) is 18.5. The lowest BCUT2D eigenvalue weighted by molar-refractivity contribution is -0.333. The molecule has 15 bridgehead atoms. The maximum absolute atomic E-state index is 16.7. The molecule has 0 aromatic heterocycles. The number of phenols is 2. The first-order valence-corrected chi connectivity index (χ1v) is 41.8. The minimum Gasteiger partial charge on any atom is -0.508 e. The van der Waals surface area contributed by atoms with Gasteiger partial charge in [0.2, 0.25) is 59.3 Å². The lowest BCUT2D eigenvalue weighted by Gasteiger charge is -2.54. The van der Waals surface area contributed by atoms with Crippen molar-refractivity contribution in [3.8, 4) is 57.1 Å². The lowest BCUT2D eigenvalue weighted by Crippen LogP contribution is -2.64. The maximum atomic E-state index is 16.7. The van der Waals surface area contributed by atoms with Crippen LogP contribution in [-0.4, -0.2) is 206 Å². The van der Waals surface area contributed by atoms with E-state index in [2.05, 4.69) is 53.2 Å². The summed E-state index contributed by atoms with van der Waals surface area (Å²) in [4.78, 5) is 139. The highest BCUT2D eigenvalue weighted by molar-refractivity contribution is 6.32. The molecule has 37 heteroatoms. The number of amides is 10. The molecule has 664 valence electrons. The average Bonchev–Trinajstić information content (AvgIpc) is 0.754. The molecule has 0 spiro atoms. The zero-order valence-corrected chi connectivity index (χ0v) is 69.8. The summed E-state index contributed by atoms with van der Waals surface area (Å²) in [5.41, 5.74) is 10.4. The Labute approximate surface area is 717 Å². The van der Waals surface area contributed by atoms with Gasteiger partial charge in [-0.25, -0.2) is 4.79 Å². The van der Waals surface area contributed by atoms with Crippen LogP contribution in [0.1, 0.15) is 148 Å². The fraction of sp³-hybridized carbons (Fsp3) is 0.483. The number of fused-ring (bicyclic) bond motifs is 15. The number of benzene rings is 6. The number of likely N-dealkylation sites (N-methyl/N-ethyl adjacent to an activating group) is 1. The van der Waals surface area contributed by atoms with Crippen LogP contribution in [0.4, 0.5) is 10.5 Å². The van der Waals surface area contributed by atoms with Crippen LogP contribution in [-0.2, 0) is 52.6 Å². The second kappa shape index (κ2) is 37.1. The van der Waals surface area contributed by atoms with Crippen LogP contribution in [0.15, 0.2) is 103 Å². The van der Waals surface area contributed by atoms with Crippen LogP contribution < -0.4 is 83.6 Å². The zero-order valence-electron chi connectivity index (χ0n) is 69.0. The van der Waals surface area contributed by atoms with E-state index in [1.807, 2.05) is 13.8 Å². The van der Waals surface area contributed by atoms with Gasteiger partial charge in [-0.2, -0.15) is 0 Å². The highest BCUT2D eigenvalue weighted by atomic mass is 35.5. The van der Waals surface area contributed by atoms with Gasteiger partial charge < -0.3 is 133 Å². The Balaban J connectivity index is 0.959. The van der Waals surface area contributed by atoms with Crippen molar-refractivity contribution in [1.29, 1.82) is 0 Å². The fourth-order valence-corrected chi connectivity index (χ4v) is 18.7. The topological polar surface area (TPSA) is 552 Å². The van der Waals surface area contributed by atoms with Gasteiger partial charge in [0.15, 0.2) is 23.9 Å². The summed E-state index contributed by atoms with van der Waals surface area (Å²) in [6.45, 7) is 9.21. The number of carbonyl (C=O) groups excluding carboxylic acids is 9. The number of aryl methyl sites for hydroxylation is 2. The van der Waals surface area contributed by atoms with E-state index in [1.54, 1.807) is 6.92 Å². The largest absolute Gasteiger partial charge is 0.508 e. The Morgan fingerprint density at radius 2 is 1.33 bits per heavy atom. The molecule has 22 N–H and O–H groups in total. The summed E-state index contributed by atoms with van der Waals surface area (Å²) in [6, 6.07) is 6.87. The van der Waals surface area contributed by atoms with E-state index in [4.69, 9.17) is 56.2 Å². The van der Waals surface area contributed by atoms with Gasteiger partial charge in [-0.05, 0) is 232 Å². The van der Waals surface area contributed by atoms with Crippen molar-refractivity contribution < 1.29 is 117 Å². The molecule has 2 saturated heterocycles. The second-order valence-electron chi connectivity index (χ2n) is 34.2. The van der Waals surface area contributed by atoms with Gasteiger partial charge in [-0.3, -0.25) is 43.7 Å². The maximum Gasteiger partial charge on any atom is 0.325 e. The molecule has 10 amide bonds. The van der Waals surface area contributed by atoms with Gasteiger partial charge in [-0.15, -0.1) is 0 Å². The van der Waals surface area contributed by atoms with E-state index in [9.17, 15) is 55.2 Å². The Morgan fingerprint density at radius 1 is 0.685 bits per heavy atom. The summed E-state index contributed by atoms with van der Waals surface area (Å²) in [6.07, 6.45) is -13.9. The molecule has 11 aliphatic rings. The van der Waals surface area contributed by atoms with Crippen LogP contribution in [0.2, 0.25) is 5.02 Å². The molecule has 17 rings (SSSR count). The first-order valence-electron chi connectivity index (χ1n) is 41.4. The van der Waals surface area contributed by atoms with Gasteiger partial charge >= 0.3 is 6.03 Å². The smallest absolute Gasteiger partial charge is 0.325 e. The van der Waals surface area contributed by atoms with E-state index in [0.717, 1.165) is 44.2 Å². The molecule has 6 aromatic carbocycles. The number of ether oxygens (including phenoxy) is 7. The monoisotopic (exact) mass is 1740 g/mol. The van der Waals surface area contributed by atoms with Crippen molar-refractivity contribution in [2.75, 3.05) is 32.1 Å². The lowest BCUT2D eigenvalue weighted by atomic mass is 9.54. The number of aliphatic hydroxyl groups excluding tert-OH is 6. The van der Waals surface area contributed by atoms with Crippen molar-refractivity contribution in [2.45, 2.75) is 208 Å². The minimum absolute atomic E-state index is 0.0481. The molecule has 4 saturated carbocycles. The number of urea groups is 1. The third kappa shape index (κ3) is 19.2. The van der Waals surface area contributed by atoms with E-state index < -0.39 is 204 Å². The average molecular weight is 1740 g/mol. The van der Waals surface area contributed by atoms with Crippen LogP contribution in [0, 0.1) is 43.4 Å². The standard InChI is InChI=1S/C87H105ClN12O24/c1-36(2)20-54(91-7)78(110)99-69-71(105)43-9-16-57(37(3)21-43)120-59-30-47-31-60(75(59)124-85-76(74(108)73(107)61(35-101)122-85)123-63-34-87(6,90)77(109)39(5)119-63)121-58-17-10-44(29-53(58)88)72(106)70-84(116)98-68(82(114)95-65-45-24-40-23-41(26-45)27-46(65)25-40)52-32-49(102)22-38(4)64(52)51-28-42(8-15-56(51)103)66(80(112)100-70)97-81(113)67(47)96-79(111)55(93-83(69)115)33-62(104)94-86(117)92-48-11-13-50(14-12-48)118-19-18-89/h8-17,21-22,28-32,36,39-41,45-46,54-55,61,63,65-74,76-77,85,91,101-103,105-109H,18-20,23-27,33-35,89-90H2,1-7H3,(H,93,115)(H,95,114)(H,96,111)(H,97,113)(H,98,116)(H,99,110)(H,100,112)(H2,92,94,104,117)/t39-,40?,41?,45?,46?,54+,55-,61+,63-,65?,66+,67+,68-,69+,70-,71+,72+,73+,74-,76+,77+,85-,87-/m0/s1. The summed E-state index contributed by atoms with van der Waals surface area (Å²) < 4.78 is 44.9. The molecule has 0 unspecified atom stereocenters. The highest BCUT2D eigenvalue weighted by Gasteiger charge is 2.53. The third-order valence-electron chi connectivity index (χ3n) is 24.5. The molecule has 4 aliphatic carbocycles. The molecule has 124 heavy (non-hydrogen) atoms. The number of halogens is 1. The number of rotatable bonds is 18. The highest BCUT2D eigenvalue weighted by Crippen LogP contribution is 2.55. The SMILES string of the molecule is CN[C@H](CC(C)C)C(=O)N[C@H]1C(=O)N[C@@H](CC(=O)NC(=O)Nc2ccc(OCCN)cc2)C(=O)N[C@H]2C(=O)N[C@H]3C(=O)N[C@H](C(=O)N[C@H](C(=O)NC4C5CC6CC(C5)CC4C6)c4cc(O)cc(C)c4-c4cc3ccc4O)[C@H](O)c3ccc(c(Cl)c3)Oc3cc2cc(c3O[C@@H]2O[C@H](CO)[C@@H](O)[C@H](O)[C@H]2O[C@H]2C[C@](C)(N)[C@H](O)[C@H](C)O2)Oc2ccc(cc2C)[C@H]1O. The first-order chi connectivity index (χ1) is 59.0. The van der Waals surface area contributed by atoms with Gasteiger partial charge in [0.1, 0.15) is 102 Å². The van der Waals surface area contributed by atoms with E-state index in [-0.39, 0.29) is 122 Å². The molecular weight excluding hydrogens is 1630 g/mol. The van der Waals surface area contributed by atoms with Crippen molar-refractivity contribution in [3.05, 3.63) is 147 Å². The summed E-state index contributed by atoms with van der Waals surface area (Å²) in [5.74, 6) is -11.0. The molecule has 6 aromatic rings. The molecule has 6 fully saturated rings. The zero-order chi connectivity index (χ0) is 88.8. The molecule has 18 atom stereocenters. The number of nitrogens with two attached hydrogens (primary N) is 2. The molecule has 7 aliphatic heterocycles. The van der Waals surface area contributed by atoms with Crippen molar-refractivity contribution in [1.82, 2.24) is 47.9 Å². The first kappa shape index (κ1) is 89.4. The molecular formula is C87H105ClN12O24. The van der Waals surface area contributed by atoms with Crippen LogP contribution in [0.5, 0.6) is 46.0 Å². The number of hydrogen-bond donors (Lipinski definition) is 20. The van der Waals surface area contributed by atoms with E-state index in [0.29, 0.717) is 17.6 Å². The quantitative estimate of drug-likeness (QED) is 0.0586. The number of carbonyl (C=O) groups is 9. The number of aromatic hydroxyl groups is 2. The second-order valence-corrected chi connectivity index (χ2v) is 34.6. The minimum atomic E-state index is -2.36. The van der Waals surface area contributed by atoms with Gasteiger partial charge in [0.05, 0.1) is 36.3 Å². The predicted molar refractivity (Wildman–Crippen MR) is 442 cm³/mol. The summed E-state index contributed by atoms with van der Waals surface area (Å²) in [7, 11) is 1.50. The number of phenolic OH excluding ortho intramolecular Hbond substituents is 2.